The molecular formula is C9H12IN3. The molecule has 1 N–H and O–H groups in total. The SMILES string of the molecule is CC1(CNc2ncc(I)cn2)CC1. The minimum absolute atomic E-state index is 0.506. The quantitative estimate of drug-likeness (QED) is 0.868. The van der Waals surface area contributed by atoms with Crippen molar-refractivity contribution in [3.8, 4) is 0 Å². The molecule has 2 rings (SSSR count). The average molecular weight is 289 g/mol. The van der Waals surface area contributed by atoms with Crippen molar-refractivity contribution < 1.29 is 0 Å². The first-order chi connectivity index (χ1) is 6.18. The summed E-state index contributed by atoms with van der Waals surface area (Å²) in [4.78, 5) is 8.36. The number of anilines is 1. The maximum Gasteiger partial charge on any atom is 0.222 e. The number of hydrogen-bond acceptors (Lipinski definition) is 3. The summed E-state index contributed by atoms with van der Waals surface area (Å²) in [6.45, 7) is 3.28. The Balaban J connectivity index is 1.91. The van der Waals surface area contributed by atoms with E-state index in [-0.39, 0.29) is 0 Å². The zero-order valence-corrected chi connectivity index (χ0v) is 9.71. The van der Waals surface area contributed by atoms with Gasteiger partial charge in [-0.15, -0.1) is 0 Å². The molecule has 1 heterocycles. The van der Waals surface area contributed by atoms with Crippen LogP contribution >= 0.6 is 22.6 Å². The summed E-state index contributed by atoms with van der Waals surface area (Å²) in [7, 11) is 0. The van der Waals surface area contributed by atoms with Gasteiger partial charge < -0.3 is 5.32 Å². The van der Waals surface area contributed by atoms with E-state index < -0.39 is 0 Å². The Morgan fingerprint density at radius 1 is 1.46 bits per heavy atom. The van der Waals surface area contributed by atoms with Crippen molar-refractivity contribution in [1.29, 1.82) is 0 Å². The summed E-state index contributed by atoms with van der Waals surface area (Å²) in [6.07, 6.45) is 6.30. The van der Waals surface area contributed by atoms with Gasteiger partial charge in [0, 0.05) is 22.5 Å². The highest BCUT2D eigenvalue weighted by molar-refractivity contribution is 14.1. The maximum atomic E-state index is 4.18. The van der Waals surface area contributed by atoms with Crippen molar-refractivity contribution >= 4 is 28.5 Å². The molecule has 0 radical (unpaired) electrons. The van der Waals surface area contributed by atoms with E-state index in [1.54, 1.807) is 0 Å². The van der Waals surface area contributed by atoms with Crippen LogP contribution in [0.3, 0.4) is 0 Å². The van der Waals surface area contributed by atoms with Crippen LogP contribution in [0, 0.1) is 8.99 Å². The molecule has 70 valence electrons. The van der Waals surface area contributed by atoms with E-state index in [9.17, 15) is 0 Å². The van der Waals surface area contributed by atoms with E-state index >= 15 is 0 Å². The Hall–Kier alpha value is -0.390. The van der Waals surface area contributed by atoms with Gasteiger partial charge in [0.25, 0.3) is 0 Å². The van der Waals surface area contributed by atoms with Crippen LogP contribution < -0.4 is 5.32 Å². The zero-order valence-electron chi connectivity index (χ0n) is 7.55. The summed E-state index contributed by atoms with van der Waals surface area (Å²) in [5, 5.41) is 3.25. The van der Waals surface area contributed by atoms with E-state index in [0.717, 1.165) is 16.1 Å². The monoisotopic (exact) mass is 289 g/mol. The van der Waals surface area contributed by atoms with Crippen LogP contribution in [0.25, 0.3) is 0 Å². The second kappa shape index (κ2) is 3.40. The molecule has 13 heavy (non-hydrogen) atoms. The third kappa shape index (κ3) is 2.52. The fourth-order valence-electron chi connectivity index (χ4n) is 1.09. The zero-order chi connectivity index (χ0) is 9.31. The maximum absolute atomic E-state index is 4.18. The topological polar surface area (TPSA) is 37.8 Å². The average Bonchev–Trinajstić information content (AvgIpc) is 2.84. The molecule has 0 aromatic carbocycles. The van der Waals surface area contributed by atoms with Crippen LogP contribution in [-0.4, -0.2) is 16.5 Å². The van der Waals surface area contributed by atoms with E-state index in [4.69, 9.17) is 0 Å². The Bertz CT molecular complexity index is 292. The Kier molecular flexibility index (Phi) is 2.40. The molecule has 4 heteroatoms. The summed E-state index contributed by atoms with van der Waals surface area (Å²) < 4.78 is 1.07. The number of nitrogens with one attached hydrogen (secondary N) is 1. The van der Waals surface area contributed by atoms with Gasteiger partial charge in [-0.05, 0) is 40.8 Å². The van der Waals surface area contributed by atoms with Crippen LogP contribution in [0.2, 0.25) is 0 Å². The third-order valence-electron chi connectivity index (χ3n) is 2.40. The number of hydrogen-bond donors (Lipinski definition) is 1. The smallest absolute Gasteiger partial charge is 0.222 e. The Morgan fingerprint density at radius 3 is 2.62 bits per heavy atom. The first kappa shape index (κ1) is 9.18. The molecule has 0 saturated heterocycles. The van der Waals surface area contributed by atoms with Crippen LogP contribution in [-0.2, 0) is 0 Å². The lowest BCUT2D eigenvalue weighted by atomic mass is 10.1. The van der Waals surface area contributed by atoms with Gasteiger partial charge in [0.05, 0.1) is 0 Å². The van der Waals surface area contributed by atoms with Crippen molar-refractivity contribution in [3.63, 3.8) is 0 Å². The molecular weight excluding hydrogens is 277 g/mol. The fraction of sp³-hybridized carbons (Fsp3) is 0.556. The molecule has 1 aromatic rings. The van der Waals surface area contributed by atoms with Gasteiger partial charge in [0.1, 0.15) is 0 Å². The van der Waals surface area contributed by atoms with Gasteiger partial charge in [-0.2, -0.15) is 0 Å². The summed E-state index contributed by atoms with van der Waals surface area (Å²) in [5.74, 6) is 0.744. The molecule has 0 spiro atoms. The van der Waals surface area contributed by atoms with Gasteiger partial charge in [0.2, 0.25) is 5.95 Å². The van der Waals surface area contributed by atoms with Gasteiger partial charge >= 0.3 is 0 Å². The molecule has 1 fully saturated rings. The first-order valence-corrected chi connectivity index (χ1v) is 5.47. The molecule has 1 aliphatic rings. The molecule has 3 nitrogen and oxygen atoms in total. The normalized spacial score (nSPS) is 18.3. The number of aromatic nitrogens is 2. The molecule has 0 bridgehead atoms. The minimum Gasteiger partial charge on any atom is -0.354 e. The highest BCUT2D eigenvalue weighted by Crippen LogP contribution is 2.44. The van der Waals surface area contributed by atoms with Gasteiger partial charge in [-0.3, -0.25) is 0 Å². The molecule has 1 aromatic heterocycles. The molecule has 0 atom stereocenters. The second-order valence-electron chi connectivity index (χ2n) is 3.89. The van der Waals surface area contributed by atoms with Crippen LogP contribution in [0.1, 0.15) is 19.8 Å². The predicted molar refractivity (Wildman–Crippen MR) is 60.6 cm³/mol. The minimum atomic E-state index is 0.506. The van der Waals surface area contributed by atoms with E-state index in [2.05, 4.69) is 44.8 Å². The number of rotatable bonds is 3. The highest BCUT2D eigenvalue weighted by atomic mass is 127. The largest absolute Gasteiger partial charge is 0.354 e. The first-order valence-electron chi connectivity index (χ1n) is 4.39. The van der Waals surface area contributed by atoms with Crippen molar-refractivity contribution in [2.45, 2.75) is 19.8 Å². The summed E-state index contributed by atoms with van der Waals surface area (Å²) in [6, 6.07) is 0. The molecule has 0 aliphatic heterocycles. The lowest BCUT2D eigenvalue weighted by Crippen LogP contribution is -2.13. The van der Waals surface area contributed by atoms with Gasteiger partial charge in [-0.1, -0.05) is 6.92 Å². The predicted octanol–water partition coefficient (Wildman–Crippen LogP) is 2.29. The van der Waals surface area contributed by atoms with Crippen molar-refractivity contribution in [1.82, 2.24) is 9.97 Å². The van der Waals surface area contributed by atoms with Crippen LogP contribution in [0.5, 0.6) is 0 Å². The number of halogens is 1. The van der Waals surface area contributed by atoms with Crippen molar-refractivity contribution in [2.24, 2.45) is 5.41 Å². The highest BCUT2D eigenvalue weighted by Gasteiger charge is 2.36. The Morgan fingerprint density at radius 2 is 2.08 bits per heavy atom. The van der Waals surface area contributed by atoms with Crippen LogP contribution in [0.15, 0.2) is 12.4 Å². The number of nitrogens with zero attached hydrogens (tertiary/aromatic N) is 2. The Labute approximate surface area is 91.5 Å². The fourth-order valence-corrected chi connectivity index (χ4v) is 1.36. The van der Waals surface area contributed by atoms with E-state index in [0.29, 0.717) is 5.41 Å². The van der Waals surface area contributed by atoms with E-state index in [1.165, 1.54) is 12.8 Å². The van der Waals surface area contributed by atoms with Crippen molar-refractivity contribution in [3.05, 3.63) is 16.0 Å². The lowest BCUT2D eigenvalue weighted by Gasteiger charge is -2.08. The molecule has 1 aliphatic carbocycles. The van der Waals surface area contributed by atoms with Gasteiger partial charge in [0.15, 0.2) is 0 Å². The summed E-state index contributed by atoms with van der Waals surface area (Å²) in [5.41, 5.74) is 0.506. The third-order valence-corrected chi connectivity index (χ3v) is 2.95. The van der Waals surface area contributed by atoms with Gasteiger partial charge in [-0.25, -0.2) is 9.97 Å². The standard InChI is InChI=1S/C9H12IN3/c1-9(2-3-9)6-13-8-11-4-7(10)5-12-8/h4-5H,2-3,6H2,1H3,(H,11,12,13). The van der Waals surface area contributed by atoms with Crippen molar-refractivity contribution in [2.75, 3.05) is 11.9 Å². The molecule has 1 saturated carbocycles. The molecule has 0 unspecified atom stereocenters. The second-order valence-corrected chi connectivity index (χ2v) is 5.13. The summed E-state index contributed by atoms with van der Waals surface area (Å²) >= 11 is 2.20. The van der Waals surface area contributed by atoms with Crippen LogP contribution in [0.4, 0.5) is 5.95 Å². The van der Waals surface area contributed by atoms with E-state index in [1.807, 2.05) is 12.4 Å². The lowest BCUT2D eigenvalue weighted by molar-refractivity contribution is 0.607. The molecule has 0 amide bonds.